The number of hydrogen-bond donors (Lipinski definition) is 1. The van der Waals surface area contributed by atoms with E-state index in [2.05, 4.69) is 14.5 Å². The molecule has 2 N–H and O–H groups in total. The van der Waals surface area contributed by atoms with Gasteiger partial charge in [-0.2, -0.15) is 0 Å². The van der Waals surface area contributed by atoms with Crippen molar-refractivity contribution in [1.82, 2.24) is 14.5 Å². The van der Waals surface area contributed by atoms with Crippen LogP contribution in [0.4, 0.5) is 0 Å². The Labute approximate surface area is 135 Å². The van der Waals surface area contributed by atoms with E-state index < -0.39 is 5.91 Å². The number of pyridine rings is 1. The van der Waals surface area contributed by atoms with Crippen LogP contribution in [0.5, 0.6) is 5.88 Å². The summed E-state index contributed by atoms with van der Waals surface area (Å²) in [6, 6.07) is 1.82. The predicted molar refractivity (Wildman–Crippen MR) is 86.8 cm³/mol. The van der Waals surface area contributed by atoms with E-state index in [1.807, 2.05) is 13.0 Å². The number of nitrogens with zero attached hydrogens (tertiary/aromatic N) is 3. The summed E-state index contributed by atoms with van der Waals surface area (Å²) in [4.78, 5) is 18.5. The van der Waals surface area contributed by atoms with Gasteiger partial charge >= 0.3 is 0 Å². The second-order valence-corrected chi connectivity index (χ2v) is 5.65. The number of fused-ring (bicyclic) bond motifs is 1. The minimum atomic E-state index is -0.425. The molecule has 0 aliphatic carbocycles. The average Bonchev–Trinajstić information content (AvgIpc) is 2.85. The Morgan fingerprint density at radius 1 is 1.39 bits per heavy atom. The molecule has 1 aliphatic rings. The molecule has 3 rings (SSSR count). The number of methoxy groups -OCH3 is 1. The summed E-state index contributed by atoms with van der Waals surface area (Å²) in [6.45, 7) is 6.93. The van der Waals surface area contributed by atoms with Crippen LogP contribution in [0.3, 0.4) is 0 Å². The van der Waals surface area contributed by atoms with Crippen molar-refractivity contribution in [1.29, 1.82) is 0 Å². The number of amides is 1. The molecule has 1 fully saturated rings. The summed E-state index contributed by atoms with van der Waals surface area (Å²) >= 11 is 0. The number of nitrogens with two attached hydrogens (primary N) is 1. The fourth-order valence-electron chi connectivity index (χ4n) is 3.20. The summed E-state index contributed by atoms with van der Waals surface area (Å²) in [5.74, 6) is 0.0888. The molecule has 1 aliphatic heterocycles. The summed E-state index contributed by atoms with van der Waals surface area (Å²) in [5.41, 5.74) is 7.81. The highest BCUT2D eigenvalue weighted by atomic mass is 16.5. The number of aromatic nitrogens is 2. The quantitative estimate of drug-likeness (QED) is 0.881. The van der Waals surface area contributed by atoms with Crippen LogP contribution in [0.15, 0.2) is 12.3 Å². The van der Waals surface area contributed by atoms with Crippen molar-refractivity contribution in [3.63, 3.8) is 0 Å². The first-order valence-electron chi connectivity index (χ1n) is 7.75. The second kappa shape index (κ2) is 6.55. The summed E-state index contributed by atoms with van der Waals surface area (Å²) in [7, 11) is 1.58. The first kappa shape index (κ1) is 15.8. The van der Waals surface area contributed by atoms with E-state index in [1.54, 1.807) is 13.3 Å². The molecule has 1 saturated heterocycles. The van der Waals surface area contributed by atoms with E-state index in [0.717, 1.165) is 56.0 Å². The fraction of sp³-hybridized carbons (Fsp3) is 0.500. The molecule has 1 amide bonds. The van der Waals surface area contributed by atoms with Gasteiger partial charge in [0, 0.05) is 43.5 Å². The number of ether oxygens (including phenoxy) is 2. The van der Waals surface area contributed by atoms with Gasteiger partial charge in [-0.15, -0.1) is 0 Å². The third-order valence-corrected chi connectivity index (χ3v) is 4.38. The van der Waals surface area contributed by atoms with Gasteiger partial charge in [-0.1, -0.05) is 0 Å². The Morgan fingerprint density at radius 3 is 2.78 bits per heavy atom. The standard InChI is InChI=1S/C16H22N4O3/c1-11-13(15(17)21)12-3-4-18-16(22-2)14(12)20(11)6-5-19-7-9-23-10-8-19/h3-4H,5-10H2,1-2H3,(H2,17,21). The van der Waals surface area contributed by atoms with Crippen LogP contribution >= 0.6 is 0 Å². The summed E-state index contributed by atoms with van der Waals surface area (Å²) in [5, 5.41) is 0.795. The van der Waals surface area contributed by atoms with Crippen molar-refractivity contribution in [2.45, 2.75) is 13.5 Å². The van der Waals surface area contributed by atoms with Gasteiger partial charge in [0.1, 0.15) is 5.52 Å². The number of rotatable bonds is 5. The molecule has 2 aromatic heterocycles. The van der Waals surface area contributed by atoms with E-state index >= 15 is 0 Å². The third-order valence-electron chi connectivity index (χ3n) is 4.38. The smallest absolute Gasteiger partial charge is 0.251 e. The van der Waals surface area contributed by atoms with Crippen LogP contribution in [-0.2, 0) is 11.3 Å². The lowest BCUT2D eigenvalue weighted by atomic mass is 10.1. The lowest BCUT2D eigenvalue weighted by Crippen LogP contribution is -2.38. The first-order chi connectivity index (χ1) is 11.1. The SMILES string of the molecule is COc1nccc2c(C(N)=O)c(C)n(CCN3CCOCC3)c12. The van der Waals surface area contributed by atoms with Crippen LogP contribution in [0.2, 0.25) is 0 Å². The monoisotopic (exact) mass is 318 g/mol. The molecule has 7 nitrogen and oxygen atoms in total. The minimum absolute atomic E-state index is 0.425. The van der Waals surface area contributed by atoms with E-state index in [1.165, 1.54) is 0 Å². The normalized spacial score (nSPS) is 15.9. The van der Waals surface area contributed by atoms with E-state index in [0.29, 0.717) is 11.4 Å². The van der Waals surface area contributed by atoms with Crippen molar-refractivity contribution in [2.75, 3.05) is 40.0 Å². The Hall–Kier alpha value is -2.12. The predicted octanol–water partition coefficient (Wildman–Crippen LogP) is 0.784. The molecule has 0 atom stereocenters. The van der Waals surface area contributed by atoms with Gasteiger partial charge in [0.25, 0.3) is 5.91 Å². The molecule has 3 heterocycles. The maximum atomic E-state index is 11.9. The molecule has 0 radical (unpaired) electrons. The van der Waals surface area contributed by atoms with Crippen LogP contribution in [0.25, 0.3) is 10.9 Å². The summed E-state index contributed by atoms with van der Waals surface area (Å²) < 4.78 is 12.8. The topological polar surface area (TPSA) is 82.6 Å². The lowest BCUT2D eigenvalue weighted by Gasteiger charge is -2.27. The third kappa shape index (κ3) is 2.89. The molecule has 0 bridgehead atoms. The number of primary amides is 1. The van der Waals surface area contributed by atoms with Gasteiger partial charge in [0.05, 0.1) is 25.9 Å². The number of carbonyl (C=O) groups is 1. The van der Waals surface area contributed by atoms with Crippen LogP contribution in [0.1, 0.15) is 16.1 Å². The van der Waals surface area contributed by atoms with Crippen molar-refractivity contribution in [3.8, 4) is 5.88 Å². The Balaban J connectivity index is 2.00. The highest BCUT2D eigenvalue weighted by Gasteiger charge is 2.22. The van der Waals surface area contributed by atoms with Crippen molar-refractivity contribution in [2.24, 2.45) is 5.73 Å². The molecule has 0 unspecified atom stereocenters. The molecular formula is C16H22N4O3. The molecule has 0 aromatic carbocycles. The van der Waals surface area contributed by atoms with Gasteiger partial charge in [0.15, 0.2) is 0 Å². The molecule has 0 saturated carbocycles. The largest absolute Gasteiger partial charge is 0.479 e. The molecule has 0 spiro atoms. The van der Waals surface area contributed by atoms with Crippen LogP contribution in [-0.4, -0.2) is 60.3 Å². The van der Waals surface area contributed by atoms with E-state index in [-0.39, 0.29) is 0 Å². The van der Waals surface area contributed by atoms with Crippen molar-refractivity contribution in [3.05, 3.63) is 23.5 Å². The van der Waals surface area contributed by atoms with Gasteiger partial charge in [-0.3, -0.25) is 9.69 Å². The lowest BCUT2D eigenvalue weighted by molar-refractivity contribution is 0.0365. The van der Waals surface area contributed by atoms with E-state index in [9.17, 15) is 4.79 Å². The zero-order chi connectivity index (χ0) is 16.4. The fourth-order valence-corrected chi connectivity index (χ4v) is 3.20. The van der Waals surface area contributed by atoms with Gasteiger partial charge in [0.2, 0.25) is 5.88 Å². The zero-order valence-corrected chi connectivity index (χ0v) is 13.5. The van der Waals surface area contributed by atoms with Gasteiger partial charge < -0.3 is 19.8 Å². The van der Waals surface area contributed by atoms with Crippen LogP contribution in [0, 0.1) is 6.92 Å². The van der Waals surface area contributed by atoms with Crippen molar-refractivity contribution < 1.29 is 14.3 Å². The average molecular weight is 318 g/mol. The molecule has 124 valence electrons. The molecule has 7 heteroatoms. The molecule has 2 aromatic rings. The van der Waals surface area contributed by atoms with E-state index in [4.69, 9.17) is 15.2 Å². The Kier molecular flexibility index (Phi) is 4.49. The summed E-state index contributed by atoms with van der Waals surface area (Å²) in [6.07, 6.45) is 1.64. The number of hydrogen-bond acceptors (Lipinski definition) is 5. The van der Waals surface area contributed by atoms with Crippen LogP contribution < -0.4 is 10.5 Å². The number of morpholine rings is 1. The second-order valence-electron chi connectivity index (χ2n) is 5.65. The number of carbonyl (C=O) groups excluding carboxylic acids is 1. The zero-order valence-electron chi connectivity index (χ0n) is 13.5. The maximum Gasteiger partial charge on any atom is 0.251 e. The molecule has 23 heavy (non-hydrogen) atoms. The highest BCUT2D eigenvalue weighted by Crippen LogP contribution is 2.31. The highest BCUT2D eigenvalue weighted by molar-refractivity contribution is 6.08. The van der Waals surface area contributed by atoms with Gasteiger partial charge in [-0.05, 0) is 13.0 Å². The minimum Gasteiger partial charge on any atom is -0.479 e. The van der Waals surface area contributed by atoms with Crippen molar-refractivity contribution >= 4 is 16.8 Å². The van der Waals surface area contributed by atoms with Gasteiger partial charge in [-0.25, -0.2) is 4.98 Å². The first-order valence-corrected chi connectivity index (χ1v) is 7.75. The Morgan fingerprint density at radius 2 is 2.13 bits per heavy atom. The molecular weight excluding hydrogens is 296 g/mol. The Bertz CT molecular complexity index is 720. The maximum absolute atomic E-state index is 11.9.